The fourth-order valence-electron chi connectivity index (χ4n) is 3.73. The van der Waals surface area contributed by atoms with E-state index in [1.807, 2.05) is 24.3 Å². The number of halogens is 2. The summed E-state index contributed by atoms with van der Waals surface area (Å²) >= 11 is 11.8. The van der Waals surface area contributed by atoms with Crippen molar-refractivity contribution in [3.05, 3.63) is 99.5 Å². The number of methoxy groups -OCH3 is 2. The number of carbonyl (C=O) groups excluding carboxylic acids is 3. The van der Waals surface area contributed by atoms with Crippen LogP contribution < -0.4 is 25.0 Å². The Balaban J connectivity index is 1.48. The molecule has 0 aliphatic carbocycles. The number of rotatable bonds is 9. The van der Waals surface area contributed by atoms with Crippen molar-refractivity contribution >= 4 is 58.0 Å². The van der Waals surface area contributed by atoms with Gasteiger partial charge in [0.15, 0.2) is 11.5 Å². The van der Waals surface area contributed by atoms with Crippen LogP contribution >= 0.6 is 23.2 Å². The normalized spacial score (nSPS) is 10.8. The molecular formula is C29H23Cl2N3O6. The Hall–Kier alpha value is -4.60. The van der Waals surface area contributed by atoms with Gasteiger partial charge in [0.1, 0.15) is 5.75 Å². The molecule has 0 unspecified atom stereocenters. The minimum atomic E-state index is -0.625. The van der Waals surface area contributed by atoms with Crippen molar-refractivity contribution in [3.63, 3.8) is 0 Å². The number of hydrazone groups is 1. The van der Waals surface area contributed by atoms with Gasteiger partial charge in [0.05, 0.1) is 42.6 Å². The van der Waals surface area contributed by atoms with Crippen LogP contribution in [0.2, 0.25) is 10.0 Å². The molecule has 9 nitrogen and oxygen atoms in total. The lowest BCUT2D eigenvalue weighted by Crippen LogP contribution is -2.34. The van der Waals surface area contributed by atoms with Gasteiger partial charge in [-0.25, -0.2) is 10.2 Å². The summed E-state index contributed by atoms with van der Waals surface area (Å²) in [5.41, 5.74) is 3.33. The van der Waals surface area contributed by atoms with E-state index in [-0.39, 0.29) is 28.4 Å². The van der Waals surface area contributed by atoms with Crippen molar-refractivity contribution in [1.29, 1.82) is 0 Å². The molecule has 0 spiro atoms. The summed E-state index contributed by atoms with van der Waals surface area (Å²) < 4.78 is 16.2. The molecule has 0 bridgehead atoms. The number of amides is 2. The van der Waals surface area contributed by atoms with Crippen LogP contribution in [0.25, 0.3) is 10.8 Å². The summed E-state index contributed by atoms with van der Waals surface area (Å²) in [6.07, 6.45) is 1.37. The van der Waals surface area contributed by atoms with Gasteiger partial charge in [-0.15, -0.1) is 0 Å². The molecule has 4 rings (SSSR count). The number of benzene rings is 4. The minimum Gasteiger partial charge on any atom is -0.493 e. The monoisotopic (exact) mass is 579 g/mol. The molecule has 0 atom stereocenters. The number of carbonyl (C=O) groups is 3. The molecule has 11 heteroatoms. The van der Waals surface area contributed by atoms with E-state index < -0.39 is 17.8 Å². The maximum absolute atomic E-state index is 13.0. The van der Waals surface area contributed by atoms with Crippen LogP contribution in [0.1, 0.15) is 26.3 Å². The first-order valence-electron chi connectivity index (χ1n) is 11.8. The molecule has 2 N–H and O–H groups in total. The summed E-state index contributed by atoms with van der Waals surface area (Å²) in [7, 11) is 2.97. The lowest BCUT2D eigenvalue weighted by molar-refractivity contribution is -0.120. The first-order chi connectivity index (χ1) is 19.3. The van der Waals surface area contributed by atoms with Gasteiger partial charge in [-0.1, -0.05) is 53.5 Å². The van der Waals surface area contributed by atoms with Gasteiger partial charge in [0.2, 0.25) is 0 Å². The van der Waals surface area contributed by atoms with Crippen LogP contribution in [0, 0.1) is 0 Å². The van der Waals surface area contributed by atoms with Gasteiger partial charge < -0.3 is 19.5 Å². The fourth-order valence-corrected chi connectivity index (χ4v) is 4.03. The van der Waals surface area contributed by atoms with Crippen LogP contribution in [-0.2, 0) is 4.79 Å². The van der Waals surface area contributed by atoms with Gasteiger partial charge in [-0.2, -0.15) is 5.10 Å². The maximum Gasteiger partial charge on any atom is 0.343 e. The Bertz CT molecular complexity index is 1620. The zero-order valence-corrected chi connectivity index (χ0v) is 22.9. The third-order valence-corrected chi connectivity index (χ3v) is 6.47. The van der Waals surface area contributed by atoms with Gasteiger partial charge in [-0.05, 0) is 53.2 Å². The van der Waals surface area contributed by atoms with Crippen LogP contribution in [0.5, 0.6) is 17.2 Å². The summed E-state index contributed by atoms with van der Waals surface area (Å²) in [5.74, 6) is -0.623. The Labute approximate surface area is 239 Å². The molecule has 0 aliphatic heterocycles. The summed E-state index contributed by atoms with van der Waals surface area (Å²) in [6, 6.07) is 19.9. The molecule has 0 saturated carbocycles. The first kappa shape index (κ1) is 28.4. The number of hydrogen-bond acceptors (Lipinski definition) is 7. The van der Waals surface area contributed by atoms with Crippen molar-refractivity contribution in [2.45, 2.75) is 0 Å². The Morgan fingerprint density at radius 2 is 1.55 bits per heavy atom. The molecule has 40 heavy (non-hydrogen) atoms. The van der Waals surface area contributed by atoms with E-state index in [2.05, 4.69) is 15.8 Å². The SMILES string of the molecule is COc1ccc(C(=O)Oc2ccc3ccccc3c2C=NNC(=O)CNC(=O)c2ccc(Cl)c(Cl)c2)cc1OC. The molecule has 0 aliphatic rings. The minimum absolute atomic E-state index is 0.223. The van der Waals surface area contributed by atoms with Gasteiger partial charge in [0.25, 0.3) is 11.8 Å². The second-order valence-corrected chi connectivity index (χ2v) is 9.08. The number of ether oxygens (including phenoxy) is 3. The number of fused-ring (bicyclic) bond motifs is 1. The molecule has 0 saturated heterocycles. The van der Waals surface area contributed by atoms with Crippen LogP contribution in [-0.4, -0.2) is 44.8 Å². The predicted molar refractivity (Wildman–Crippen MR) is 153 cm³/mol. The number of esters is 1. The highest BCUT2D eigenvalue weighted by atomic mass is 35.5. The summed E-state index contributed by atoms with van der Waals surface area (Å²) in [4.78, 5) is 37.6. The fraction of sp³-hybridized carbons (Fsp3) is 0.103. The zero-order valence-electron chi connectivity index (χ0n) is 21.4. The Morgan fingerprint density at radius 3 is 2.30 bits per heavy atom. The van der Waals surface area contributed by atoms with E-state index in [4.69, 9.17) is 37.4 Å². The third kappa shape index (κ3) is 6.69. The summed E-state index contributed by atoms with van der Waals surface area (Å²) in [5, 5.41) is 8.65. The van der Waals surface area contributed by atoms with E-state index in [0.717, 1.165) is 10.8 Å². The molecule has 0 fully saturated rings. The molecule has 204 valence electrons. The topological polar surface area (TPSA) is 115 Å². The average Bonchev–Trinajstić information content (AvgIpc) is 2.97. The van der Waals surface area contributed by atoms with Crippen molar-refractivity contribution in [1.82, 2.24) is 10.7 Å². The smallest absolute Gasteiger partial charge is 0.343 e. The third-order valence-electron chi connectivity index (χ3n) is 5.73. The van der Waals surface area contributed by atoms with E-state index in [1.54, 1.807) is 24.3 Å². The Kier molecular flexibility index (Phi) is 9.21. The zero-order chi connectivity index (χ0) is 28.6. The van der Waals surface area contributed by atoms with Crippen LogP contribution in [0.4, 0.5) is 0 Å². The number of nitrogens with zero attached hydrogens (tertiary/aromatic N) is 1. The highest BCUT2D eigenvalue weighted by Gasteiger charge is 2.16. The van der Waals surface area contributed by atoms with E-state index in [9.17, 15) is 14.4 Å². The van der Waals surface area contributed by atoms with Crippen LogP contribution in [0.3, 0.4) is 0 Å². The van der Waals surface area contributed by atoms with Crippen LogP contribution in [0.15, 0.2) is 77.9 Å². The molecule has 4 aromatic rings. The predicted octanol–water partition coefficient (Wildman–Crippen LogP) is 5.26. The molecular weight excluding hydrogens is 557 g/mol. The van der Waals surface area contributed by atoms with Crippen molar-refractivity contribution in [3.8, 4) is 17.2 Å². The largest absolute Gasteiger partial charge is 0.493 e. The number of nitrogens with one attached hydrogen (secondary N) is 2. The highest BCUT2D eigenvalue weighted by Crippen LogP contribution is 2.30. The van der Waals surface area contributed by atoms with Gasteiger partial charge in [-0.3, -0.25) is 9.59 Å². The second kappa shape index (κ2) is 13.0. The molecule has 2 amide bonds. The van der Waals surface area contributed by atoms with E-state index in [1.165, 1.54) is 44.7 Å². The highest BCUT2D eigenvalue weighted by molar-refractivity contribution is 6.42. The Morgan fingerprint density at radius 1 is 0.825 bits per heavy atom. The molecule has 4 aromatic carbocycles. The van der Waals surface area contributed by atoms with Crippen molar-refractivity contribution < 1.29 is 28.6 Å². The molecule has 0 aromatic heterocycles. The van der Waals surface area contributed by atoms with E-state index in [0.29, 0.717) is 22.1 Å². The van der Waals surface area contributed by atoms with E-state index >= 15 is 0 Å². The summed E-state index contributed by atoms with van der Waals surface area (Å²) in [6.45, 7) is -0.340. The number of hydrogen-bond donors (Lipinski definition) is 2. The van der Waals surface area contributed by atoms with Crippen molar-refractivity contribution in [2.24, 2.45) is 5.10 Å². The van der Waals surface area contributed by atoms with Crippen molar-refractivity contribution in [2.75, 3.05) is 20.8 Å². The first-order valence-corrected chi connectivity index (χ1v) is 12.6. The van der Waals surface area contributed by atoms with Gasteiger partial charge >= 0.3 is 5.97 Å². The molecule has 0 heterocycles. The standard InChI is InChI=1S/C29H23Cl2N3O6/c1-38-25-12-9-19(14-26(25)39-2)29(37)40-24-11-8-17-5-3-4-6-20(17)21(24)15-33-34-27(35)16-32-28(36)18-7-10-22(30)23(31)13-18/h3-15H,16H2,1-2H3,(H,32,36)(H,34,35). The molecule has 0 radical (unpaired) electrons. The lowest BCUT2D eigenvalue weighted by Gasteiger charge is -2.12. The second-order valence-electron chi connectivity index (χ2n) is 8.26. The average molecular weight is 580 g/mol. The van der Waals surface area contributed by atoms with Gasteiger partial charge in [0, 0.05) is 11.1 Å². The quantitative estimate of drug-likeness (QED) is 0.121. The lowest BCUT2D eigenvalue weighted by atomic mass is 10.0. The maximum atomic E-state index is 13.0.